The summed E-state index contributed by atoms with van der Waals surface area (Å²) in [6.45, 7) is 0. The second-order valence-corrected chi connectivity index (χ2v) is 6.51. The first-order valence-electron chi connectivity index (χ1n) is 9.07. The summed E-state index contributed by atoms with van der Waals surface area (Å²) in [5.41, 5.74) is 4.98. The molecule has 1 heterocycles. The van der Waals surface area contributed by atoms with E-state index in [-0.39, 0.29) is 5.91 Å². The molecule has 0 atom stereocenters. The first-order valence-corrected chi connectivity index (χ1v) is 9.07. The molecular weight excluding hydrogens is 368 g/mol. The molecule has 3 aromatic rings. The van der Waals surface area contributed by atoms with Crippen LogP contribution >= 0.6 is 0 Å². The zero-order chi connectivity index (χ0) is 20.2. The highest BCUT2D eigenvalue weighted by Crippen LogP contribution is 2.37. The largest absolute Gasteiger partial charge is 0.454 e. The smallest absolute Gasteiger partial charge is 0.274 e. The summed E-state index contributed by atoms with van der Waals surface area (Å²) < 4.78 is 5.96. The third-order valence-electron chi connectivity index (χ3n) is 4.63. The molecule has 1 aliphatic rings. The van der Waals surface area contributed by atoms with Crippen LogP contribution in [0.1, 0.15) is 31.8 Å². The fourth-order valence-corrected chi connectivity index (χ4v) is 3.15. The maximum Gasteiger partial charge on any atom is 0.274 e. The molecule has 0 aliphatic carbocycles. The van der Waals surface area contributed by atoms with E-state index in [2.05, 4.69) is 5.32 Å². The number of rotatable bonds is 4. The van der Waals surface area contributed by atoms with Crippen LogP contribution in [-0.2, 0) is 6.42 Å². The third kappa shape index (κ3) is 3.88. The molecule has 1 aliphatic heterocycles. The number of carbonyl (C=O) groups excluding carboxylic acids is 2. The topological polar surface area (TPSA) is 87.7 Å². The number of carbonyl (C=O) groups is 2. The van der Waals surface area contributed by atoms with Crippen LogP contribution in [0.3, 0.4) is 0 Å². The molecule has 0 bridgehead atoms. The summed E-state index contributed by atoms with van der Waals surface area (Å²) in [4.78, 5) is 23.9. The lowest BCUT2D eigenvalue weighted by molar-refractivity contribution is 0.0706. The van der Waals surface area contributed by atoms with Gasteiger partial charge in [-0.1, -0.05) is 48.6 Å². The molecule has 0 radical (unpaired) electrons. The molecule has 29 heavy (non-hydrogen) atoms. The van der Waals surface area contributed by atoms with Crippen molar-refractivity contribution in [1.29, 1.82) is 0 Å². The van der Waals surface area contributed by atoms with Crippen LogP contribution in [0.4, 0.5) is 5.69 Å². The van der Waals surface area contributed by atoms with Crippen molar-refractivity contribution in [2.75, 3.05) is 5.32 Å². The van der Waals surface area contributed by atoms with Crippen molar-refractivity contribution in [1.82, 2.24) is 5.48 Å². The second kappa shape index (κ2) is 8.00. The Morgan fingerprint density at radius 3 is 2.55 bits per heavy atom. The quantitative estimate of drug-likeness (QED) is 0.458. The van der Waals surface area contributed by atoms with E-state index in [0.717, 1.165) is 11.1 Å². The monoisotopic (exact) mass is 386 g/mol. The van der Waals surface area contributed by atoms with Gasteiger partial charge in [0.1, 0.15) is 5.75 Å². The third-order valence-corrected chi connectivity index (χ3v) is 4.63. The summed E-state index contributed by atoms with van der Waals surface area (Å²) in [7, 11) is 0. The molecule has 3 aromatic carbocycles. The number of para-hydroxylation sites is 2. The summed E-state index contributed by atoms with van der Waals surface area (Å²) in [5, 5.41) is 11.6. The zero-order valence-corrected chi connectivity index (χ0v) is 15.4. The molecule has 0 aromatic heterocycles. The summed E-state index contributed by atoms with van der Waals surface area (Å²) in [5.74, 6) is 0.384. The minimum atomic E-state index is -0.552. The number of hydrogen-bond acceptors (Lipinski definition) is 4. The highest BCUT2D eigenvalue weighted by atomic mass is 16.5. The number of fused-ring (bicyclic) bond motifs is 2. The lowest BCUT2D eigenvalue weighted by Gasteiger charge is -2.11. The SMILES string of the molecule is O=C(NO)c1ccc(C=CCc2cccc3c2NC(=O)c2ccccc2O3)cc1. The van der Waals surface area contributed by atoms with Crippen molar-refractivity contribution >= 4 is 23.6 Å². The molecule has 0 spiro atoms. The predicted octanol–water partition coefficient (Wildman–Crippen LogP) is 4.42. The average molecular weight is 386 g/mol. The summed E-state index contributed by atoms with van der Waals surface area (Å²) in [6.07, 6.45) is 4.48. The Bertz CT molecular complexity index is 1100. The Hall–Kier alpha value is -3.90. The Balaban J connectivity index is 1.54. The predicted molar refractivity (Wildman–Crippen MR) is 109 cm³/mol. The first kappa shape index (κ1) is 18.5. The number of hydroxylamine groups is 1. The van der Waals surface area contributed by atoms with Crippen LogP contribution in [0.2, 0.25) is 0 Å². The zero-order valence-electron chi connectivity index (χ0n) is 15.4. The van der Waals surface area contributed by atoms with Crippen LogP contribution in [-0.4, -0.2) is 17.0 Å². The molecule has 4 rings (SSSR count). The van der Waals surface area contributed by atoms with Gasteiger partial charge in [0.15, 0.2) is 5.75 Å². The standard InChI is InChI=1S/C23H18N2O4/c26-22(25-28)17-13-11-15(12-14-17)5-3-6-16-7-4-10-20-21(16)24-23(27)18-8-1-2-9-19(18)29-20/h1-5,7-14,28H,6H2,(H,24,27)(H,25,26). The normalized spacial score (nSPS) is 12.4. The van der Waals surface area contributed by atoms with E-state index in [1.807, 2.05) is 36.4 Å². The summed E-state index contributed by atoms with van der Waals surface area (Å²) >= 11 is 0. The lowest BCUT2D eigenvalue weighted by atomic mass is 10.1. The highest BCUT2D eigenvalue weighted by molar-refractivity contribution is 6.08. The number of anilines is 1. The Morgan fingerprint density at radius 2 is 1.76 bits per heavy atom. The number of ether oxygens (including phenoxy) is 1. The average Bonchev–Trinajstić information content (AvgIpc) is 2.90. The number of amides is 2. The number of benzene rings is 3. The fraction of sp³-hybridized carbons (Fsp3) is 0.0435. The van der Waals surface area contributed by atoms with Crippen LogP contribution in [0, 0.1) is 0 Å². The molecule has 6 heteroatoms. The summed E-state index contributed by atoms with van der Waals surface area (Å²) in [6, 6.07) is 19.6. The second-order valence-electron chi connectivity index (χ2n) is 6.51. The lowest BCUT2D eigenvalue weighted by Crippen LogP contribution is -2.18. The van der Waals surface area contributed by atoms with Crippen LogP contribution < -0.4 is 15.5 Å². The number of hydrogen-bond donors (Lipinski definition) is 3. The molecule has 2 amide bonds. The molecule has 0 unspecified atom stereocenters. The minimum Gasteiger partial charge on any atom is -0.454 e. The van der Waals surface area contributed by atoms with E-state index in [1.54, 1.807) is 47.9 Å². The van der Waals surface area contributed by atoms with Gasteiger partial charge in [-0.25, -0.2) is 5.48 Å². The molecular formula is C23H18N2O4. The number of allylic oxidation sites excluding steroid dienone is 1. The van der Waals surface area contributed by atoms with Gasteiger partial charge in [0.2, 0.25) is 0 Å². The van der Waals surface area contributed by atoms with Gasteiger partial charge in [-0.05, 0) is 47.9 Å². The minimum absolute atomic E-state index is 0.200. The van der Waals surface area contributed by atoms with Crippen molar-refractivity contribution in [3.8, 4) is 11.5 Å². The van der Waals surface area contributed by atoms with E-state index < -0.39 is 5.91 Å². The van der Waals surface area contributed by atoms with Gasteiger partial charge >= 0.3 is 0 Å². The van der Waals surface area contributed by atoms with Crippen molar-refractivity contribution in [3.05, 3.63) is 95.1 Å². The highest BCUT2D eigenvalue weighted by Gasteiger charge is 2.21. The molecule has 3 N–H and O–H groups in total. The van der Waals surface area contributed by atoms with Crippen molar-refractivity contribution in [2.24, 2.45) is 0 Å². The van der Waals surface area contributed by atoms with Gasteiger partial charge in [-0.15, -0.1) is 0 Å². The maximum atomic E-state index is 12.6. The van der Waals surface area contributed by atoms with Crippen LogP contribution in [0.25, 0.3) is 6.08 Å². The van der Waals surface area contributed by atoms with Crippen molar-refractivity contribution < 1.29 is 19.5 Å². The molecule has 0 saturated carbocycles. The van der Waals surface area contributed by atoms with Crippen LogP contribution in [0.15, 0.2) is 72.8 Å². The van der Waals surface area contributed by atoms with Gasteiger partial charge in [0, 0.05) is 5.56 Å². The van der Waals surface area contributed by atoms with E-state index in [9.17, 15) is 9.59 Å². The van der Waals surface area contributed by atoms with E-state index in [0.29, 0.717) is 34.7 Å². The Morgan fingerprint density at radius 1 is 1.00 bits per heavy atom. The Kier molecular flexibility index (Phi) is 5.09. The Labute approximate surface area is 167 Å². The van der Waals surface area contributed by atoms with Crippen LogP contribution in [0.5, 0.6) is 11.5 Å². The van der Waals surface area contributed by atoms with Gasteiger partial charge in [0.05, 0.1) is 11.3 Å². The number of nitrogens with one attached hydrogen (secondary N) is 2. The van der Waals surface area contributed by atoms with Gasteiger partial charge in [-0.3, -0.25) is 14.8 Å². The molecule has 6 nitrogen and oxygen atoms in total. The first-order chi connectivity index (χ1) is 14.2. The van der Waals surface area contributed by atoms with E-state index in [1.165, 1.54) is 0 Å². The van der Waals surface area contributed by atoms with Crippen molar-refractivity contribution in [2.45, 2.75) is 6.42 Å². The fourth-order valence-electron chi connectivity index (χ4n) is 3.15. The van der Waals surface area contributed by atoms with Gasteiger partial charge in [-0.2, -0.15) is 0 Å². The van der Waals surface area contributed by atoms with Gasteiger partial charge in [0.25, 0.3) is 11.8 Å². The maximum absolute atomic E-state index is 12.6. The molecule has 144 valence electrons. The molecule has 0 saturated heterocycles. The van der Waals surface area contributed by atoms with E-state index in [4.69, 9.17) is 9.94 Å². The molecule has 0 fully saturated rings. The van der Waals surface area contributed by atoms with E-state index >= 15 is 0 Å². The van der Waals surface area contributed by atoms with Gasteiger partial charge < -0.3 is 10.1 Å². The van der Waals surface area contributed by atoms with Crippen molar-refractivity contribution in [3.63, 3.8) is 0 Å².